The Morgan fingerprint density at radius 2 is 1.93 bits per heavy atom. The zero-order chi connectivity index (χ0) is 31.9. The predicted molar refractivity (Wildman–Crippen MR) is 166 cm³/mol. The fraction of sp³-hybridized carbons (Fsp3) is 0.556. The van der Waals surface area contributed by atoms with E-state index in [0.29, 0.717) is 37.4 Å². The number of rotatable bonds is 7. The maximum absolute atomic E-state index is 17.6. The third kappa shape index (κ3) is 4.23. The SMILES string of the molecule is CC(C)Nc1ccc(Cn2ccc([C@@H]3O[C@@H]4C[C@H]5[C@@H]6CCC7=CC(=O)C=C[C@]7(C)[C@@]6(F)[C@@H](O)C[C@]5(C)[C@]4(C(=O)CO)O3)c2)cc1. The van der Waals surface area contributed by atoms with Gasteiger partial charge in [-0.05, 0) is 88.3 Å². The van der Waals surface area contributed by atoms with Crippen molar-refractivity contribution in [2.45, 2.75) is 95.7 Å². The molecule has 0 radical (unpaired) electrons. The largest absolute Gasteiger partial charge is 0.390 e. The van der Waals surface area contributed by atoms with Crippen molar-refractivity contribution >= 4 is 17.3 Å². The van der Waals surface area contributed by atoms with Gasteiger partial charge in [0.05, 0.1) is 12.2 Å². The number of alkyl halides is 1. The van der Waals surface area contributed by atoms with Crippen LogP contribution in [0.2, 0.25) is 0 Å². The molecule has 9 atom stereocenters. The first kappa shape index (κ1) is 30.5. The third-order valence-electron chi connectivity index (χ3n) is 11.8. The normalized spacial score (nSPS) is 40.0. The highest BCUT2D eigenvalue weighted by molar-refractivity contribution is 6.01. The van der Waals surface area contributed by atoms with Crippen LogP contribution in [0.15, 0.2) is 66.5 Å². The van der Waals surface area contributed by atoms with Crippen LogP contribution in [0.5, 0.6) is 0 Å². The number of benzene rings is 1. The summed E-state index contributed by atoms with van der Waals surface area (Å²) < 4.78 is 32.8. The van der Waals surface area contributed by atoms with Crippen LogP contribution in [0.4, 0.5) is 10.1 Å². The van der Waals surface area contributed by atoms with E-state index in [-0.39, 0.29) is 18.1 Å². The Morgan fingerprint density at radius 1 is 1.18 bits per heavy atom. The van der Waals surface area contributed by atoms with Crippen LogP contribution < -0.4 is 5.32 Å². The van der Waals surface area contributed by atoms with E-state index in [2.05, 4.69) is 43.4 Å². The van der Waals surface area contributed by atoms with Crippen molar-refractivity contribution < 1.29 is 33.7 Å². The predicted octanol–water partition coefficient (Wildman–Crippen LogP) is 5.05. The van der Waals surface area contributed by atoms with Gasteiger partial charge in [-0.1, -0.05) is 30.7 Å². The first-order valence-electron chi connectivity index (χ1n) is 16.2. The number of aromatic nitrogens is 1. The molecule has 2 aromatic rings. The van der Waals surface area contributed by atoms with E-state index < -0.39 is 58.9 Å². The minimum absolute atomic E-state index is 0.0314. The summed E-state index contributed by atoms with van der Waals surface area (Å²) in [5, 5.41) is 25.3. The Labute approximate surface area is 263 Å². The molecule has 0 amide bonds. The lowest BCUT2D eigenvalue weighted by Gasteiger charge is -2.62. The zero-order valence-corrected chi connectivity index (χ0v) is 26.3. The van der Waals surface area contributed by atoms with Crippen molar-refractivity contribution in [3.8, 4) is 0 Å². The van der Waals surface area contributed by atoms with E-state index in [1.54, 1.807) is 13.0 Å². The van der Waals surface area contributed by atoms with Gasteiger partial charge in [-0.3, -0.25) is 9.59 Å². The molecule has 1 aromatic heterocycles. The minimum Gasteiger partial charge on any atom is -0.390 e. The molecule has 7 rings (SSSR count). The summed E-state index contributed by atoms with van der Waals surface area (Å²) in [5.41, 5.74) is -2.02. The molecule has 45 heavy (non-hydrogen) atoms. The number of nitrogens with zero attached hydrogens (tertiary/aromatic N) is 1. The number of allylic oxidation sites excluding steroid dienone is 4. The number of Topliss-reactive ketones (excluding diaryl/α,β-unsaturated/α-hetero) is 1. The lowest BCUT2D eigenvalue weighted by Crippen LogP contribution is -2.69. The molecule has 5 aliphatic rings. The summed E-state index contributed by atoms with van der Waals surface area (Å²) in [6.45, 7) is 7.77. The molecule has 8 nitrogen and oxygen atoms in total. The summed E-state index contributed by atoms with van der Waals surface area (Å²) in [6.07, 6.45) is 6.77. The van der Waals surface area contributed by atoms with Gasteiger partial charge in [-0.15, -0.1) is 0 Å². The molecular weight excluding hydrogens is 575 g/mol. The fourth-order valence-corrected chi connectivity index (χ4v) is 9.67. The first-order valence-corrected chi connectivity index (χ1v) is 16.2. The van der Waals surface area contributed by atoms with Crippen molar-refractivity contribution in [1.29, 1.82) is 0 Å². The molecule has 3 saturated carbocycles. The summed E-state index contributed by atoms with van der Waals surface area (Å²) in [4.78, 5) is 25.9. The molecule has 4 fully saturated rings. The van der Waals surface area contributed by atoms with Gasteiger partial charge in [-0.25, -0.2) is 4.39 Å². The number of carbonyl (C=O) groups is 2. The lowest BCUT2D eigenvalue weighted by atomic mass is 9.44. The average molecular weight is 619 g/mol. The Balaban J connectivity index is 1.16. The van der Waals surface area contributed by atoms with E-state index in [9.17, 15) is 19.8 Å². The molecule has 0 spiro atoms. The number of aliphatic hydroxyl groups is 2. The van der Waals surface area contributed by atoms with Crippen LogP contribution in [0.25, 0.3) is 0 Å². The number of fused-ring (bicyclic) bond motifs is 7. The van der Waals surface area contributed by atoms with Gasteiger partial charge in [0.2, 0.25) is 0 Å². The highest BCUT2D eigenvalue weighted by atomic mass is 19.1. The number of carbonyl (C=O) groups excluding carboxylic acids is 2. The Morgan fingerprint density at radius 3 is 2.64 bits per heavy atom. The molecule has 1 aliphatic heterocycles. The third-order valence-corrected chi connectivity index (χ3v) is 11.8. The monoisotopic (exact) mass is 618 g/mol. The second kappa shape index (κ2) is 10.5. The van der Waals surface area contributed by atoms with Crippen LogP contribution in [0.3, 0.4) is 0 Å². The van der Waals surface area contributed by atoms with Gasteiger partial charge in [0, 0.05) is 53.0 Å². The molecule has 1 saturated heterocycles. The fourth-order valence-electron chi connectivity index (χ4n) is 9.67. The summed E-state index contributed by atoms with van der Waals surface area (Å²) in [5.74, 6) is -1.59. The topological polar surface area (TPSA) is 110 Å². The number of ketones is 2. The van der Waals surface area contributed by atoms with E-state index in [1.165, 1.54) is 12.2 Å². The number of nitrogens with one attached hydrogen (secondary N) is 1. The van der Waals surface area contributed by atoms with Crippen LogP contribution in [-0.4, -0.2) is 62.5 Å². The Kier molecular flexibility index (Phi) is 7.09. The van der Waals surface area contributed by atoms with Crippen molar-refractivity contribution in [3.63, 3.8) is 0 Å². The summed E-state index contributed by atoms with van der Waals surface area (Å²) in [6, 6.07) is 10.5. The van der Waals surface area contributed by atoms with E-state index in [0.717, 1.165) is 16.8 Å². The maximum atomic E-state index is 17.6. The van der Waals surface area contributed by atoms with Crippen LogP contribution in [0.1, 0.15) is 70.8 Å². The van der Waals surface area contributed by atoms with Crippen LogP contribution >= 0.6 is 0 Å². The molecule has 9 heteroatoms. The number of hydrogen-bond acceptors (Lipinski definition) is 7. The quantitative estimate of drug-likeness (QED) is 0.398. The van der Waals surface area contributed by atoms with Gasteiger partial charge >= 0.3 is 0 Å². The molecule has 240 valence electrons. The molecule has 0 bridgehead atoms. The van der Waals surface area contributed by atoms with Crippen LogP contribution in [0, 0.1) is 22.7 Å². The number of halogens is 1. The number of aliphatic hydroxyl groups excluding tert-OH is 2. The van der Waals surface area contributed by atoms with Gasteiger partial charge in [-0.2, -0.15) is 0 Å². The van der Waals surface area contributed by atoms with Crippen molar-refractivity contribution in [2.24, 2.45) is 22.7 Å². The zero-order valence-electron chi connectivity index (χ0n) is 26.3. The molecule has 0 unspecified atom stereocenters. The summed E-state index contributed by atoms with van der Waals surface area (Å²) in [7, 11) is 0. The average Bonchev–Trinajstić information content (AvgIpc) is 3.68. The second-order valence-corrected chi connectivity index (χ2v) is 14.5. The van der Waals surface area contributed by atoms with Gasteiger partial charge in [0.25, 0.3) is 0 Å². The number of hydrogen-bond donors (Lipinski definition) is 3. The smallest absolute Gasteiger partial charge is 0.193 e. The number of anilines is 1. The minimum atomic E-state index is -2.03. The highest BCUT2D eigenvalue weighted by Crippen LogP contribution is 2.72. The number of ether oxygens (including phenoxy) is 2. The van der Waals surface area contributed by atoms with Crippen molar-refractivity contribution in [1.82, 2.24) is 4.57 Å². The second-order valence-electron chi connectivity index (χ2n) is 14.5. The van der Waals surface area contributed by atoms with Crippen molar-refractivity contribution in [3.05, 3.63) is 77.7 Å². The summed E-state index contributed by atoms with van der Waals surface area (Å²) >= 11 is 0. The molecule has 3 N–H and O–H groups in total. The maximum Gasteiger partial charge on any atom is 0.193 e. The van der Waals surface area contributed by atoms with Crippen molar-refractivity contribution in [2.75, 3.05) is 11.9 Å². The Hall–Kier alpha value is -3.11. The molecule has 2 heterocycles. The lowest BCUT2D eigenvalue weighted by molar-refractivity contribution is -0.231. The molecular formula is C36H43FN2O6. The first-order chi connectivity index (χ1) is 21.4. The van der Waals surface area contributed by atoms with Gasteiger partial charge in [0.1, 0.15) is 6.61 Å². The Bertz CT molecular complexity index is 1580. The van der Waals surface area contributed by atoms with E-state index in [1.807, 2.05) is 30.0 Å². The standard InChI is InChI=1S/C36H43FN2O6/c1-21(2)38-25-8-5-22(6-9-25)18-39-14-12-23(19-39)32-44-31-16-28-27-10-7-24-15-26(41)11-13-33(24,3)35(27,37)29(42)17-34(28,4)36(31,45-32)30(43)20-40/h5-6,8-9,11-15,19,21,27-29,31-32,38,40,42H,7,10,16-18,20H2,1-4H3/t27-,28-,29-,31+,32+,33-,34-,35-,36+/m0/s1. The molecule has 1 aromatic carbocycles. The van der Waals surface area contributed by atoms with Crippen LogP contribution in [-0.2, 0) is 25.6 Å². The van der Waals surface area contributed by atoms with Gasteiger partial charge in [0.15, 0.2) is 29.1 Å². The van der Waals surface area contributed by atoms with Gasteiger partial charge < -0.3 is 29.6 Å². The molecule has 4 aliphatic carbocycles. The highest BCUT2D eigenvalue weighted by Gasteiger charge is 2.79. The van der Waals surface area contributed by atoms with E-state index in [4.69, 9.17) is 9.47 Å². The van der Waals surface area contributed by atoms with E-state index >= 15 is 4.39 Å².